The van der Waals surface area contributed by atoms with Gasteiger partial charge in [0.15, 0.2) is 0 Å². The quantitative estimate of drug-likeness (QED) is 0.869. The number of aromatic amines is 1. The Morgan fingerprint density at radius 2 is 2.10 bits per heavy atom. The number of hydrogen-bond acceptors (Lipinski definition) is 4. The van der Waals surface area contributed by atoms with Gasteiger partial charge < -0.3 is 10.1 Å². The average molecular weight is 354 g/mol. The van der Waals surface area contributed by atoms with Crippen molar-refractivity contribution in [2.24, 2.45) is 0 Å². The Hall–Kier alpha value is -1.89. The van der Waals surface area contributed by atoms with Crippen molar-refractivity contribution in [2.45, 2.75) is 32.9 Å². The summed E-state index contributed by atoms with van der Waals surface area (Å²) in [4.78, 5) is 23.4. The van der Waals surface area contributed by atoms with Crippen molar-refractivity contribution in [1.29, 1.82) is 0 Å². The molecule has 0 saturated carbocycles. The largest absolute Gasteiger partial charge is 0.444 e. The Kier molecular flexibility index (Phi) is 4.32. The Bertz CT molecular complexity index is 734. The van der Waals surface area contributed by atoms with E-state index in [2.05, 4.69) is 31.4 Å². The van der Waals surface area contributed by atoms with Crippen molar-refractivity contribution in [3.05, 3.63) is 38.7 Å². The van der Waals surface area contributed by atoms with E-state index < -0.39 is 11.7 Å². The van der Waals surface area contributed by atoms with Crippen LogP contribution in [0.4, 0.5) is 4.79 Å². The molecule has 112 valence electrons. The predicted octanol–water partition coefficient (Wildman–Crippen LogP) is 2.71. The highest BCUT2D eigenvalue weighted by Gasteiger charge is 2.16. The number of amides is 1. The Morgan fingerprint density at radius 1 is 1.38 bits per heavy atom. The van der Waals surface area contributed by atoms with Crippen LogP contribution in [0.25, 0.3) is 10.8 Å². The molecule has 0 spiro atoms. The maximum absolute atomic E-state index is 11.7. The first-order valence-electron chi connectivity index (χ1n) is 6.40. The molecule has 0 fully saturated rings. The van der Waals surface area contributed by atoms with Crippen molar-refractivity contribution in [3.63, 3.8) is 0 Å². The van der Waals surface area contributed by atoms with Gasteiger partial charge >= 0.3 is 6.09 Å². The van der Waals surface area contributed by atoms with E-state index >= 15 is 0 Å². The molecule has 2 N–H and O–H groups in total. The van der Waals surface area contributed by atoms with Crippen molar-refractivity contribution in [2.75, 3.05) is 0 Å². The summed E-state index contributed by atoms with van der Waals surface area (Å²) < 4.78 is 5.99. The van der Waals surface area contributed by atoms with E-state index in [-0.39, 0.29) is 12.1 Å². The van der Waals surface area contributed by atoms with Gasteiger partial charge in [0, 0.05) is 9.86 Å². The number of nitrogens with one attached hydrogen (secondary N) is 2. The molecule has 1 aromatic heterocycles. The van der Waals surface area contributed by atoms with Gasteiger partial charge in [-0.3, -0.25) is 4.79 Å². The lowest BCUT2D eigenvalue weighted by molar-refractivity contribution is 0.0523. The van der Waals surface area contributed by atoms with E-state index in [1.54, 1.807) is 39.0 Å². The third kappa shape index (κ3) is 4.04. The van der Waals surface area contributed by atoms with Gasteiger partial charge in [-0.25, -0.2) is 9.89 Å². The van der Waals surface area contributed by atoms with Crippen LogP contribution in [0.1, 0.15) is 26.5 Å². The average Bonchev–Trinajstić information content (AvgIpc) is 2.35. The Balaban J connectivity index is 2.23. The lowest BCUT2D eigenvalue weighted by Gasteiger charge is -2.19. The molecule has 0 radical (unpaired) electrons. The lowest BCUT2D eigenvalue weighted by Crippen LogP contribution is -2.32. The van der Waals surface area contributed by atoms with Crippen molar-refractivity contribution >= 4 is 32.8 Å². The van der Waals surface area contributed by atoms with Crippen LogP contribution in [0.3, 0.4) is 0 Å². The van der Waals surface area contributed by atoms with Gasteiger partial charge in [-0.1, -0.05) is 15.9 Å². The number of ether oxygens (including phenoxy) is 1. The molecular formula is C14H16BrN3O3. The number of nitrogens with zero attached hydrogens (tertiary/aromatic N) is 1. The summed E-state index contributed by atoms with van der Waals surface area (Å²) in [7, 11) is 0. The maximum atomic E-state index is 11.7. The van der Waals surface area contributed by atoms with Crippen LogP contribution in [0.15, 0.2) is 27.5 Å². The summed E-state index contributed by atoms with van der Waals surface area (Å²) >= 11 is 3.36. The van der Waals surface area contributed by atoms with E-state index in [1.165, 1.54) is 0 Å². The molecule has 6 nitrogen and oxygen atoms in total. The molecule has 7 heteroatoms. The van der Waals surface area contributed by atoms with Crippen LogP contribution >= 0.6 is 15.9 Å². The summed E-state index contributed by atoms with van der Waals surface area (Å²) in [6.07, 6.45) is -0.529. The minimum absolute atomic E-state index is 0.165. The van der Waals surface area contributed by atoms with E-state index in [4.69, 9.17) is 4.74 Å². The highest BCUT2D eigenvalue weighted by Crippen LogP contribution is 2.19. The maximum Gasteiger partial charge on any atom is 0.407 e. The van der Waals surface area contributed by atoms with E-state index in [0.29, 0.717) is 16.5 Å². The zero-order valence-corrected chi connectivity index (χ0v) is 13.6. The van der Waals surface area contributed by atoms with Gasteiger partial charge in [-0.15, -0.1) is 0 Å². The van der Waals surface area contributed by atoms with E-state index in [9.17, 15) is 9.59 Å². The molecule has 0 saturated heterocycles. The van der Waals surface area contributed by atoms with Crippen molar-refractivity contribution in [1.82, 2.24) is 15.5 Å². The fourth-order valence-corrected chi connectivity index (χ4v) is 2.16. The molecule has 0 aliphatic carbocycles. The van der Waals surface area contributed by atoms with Gasteiger partial charge in [0.2, 0.25) is 0 Å². The molecule has 0 atom stereocenters. The molecule has 0 aliphatic heterocycles. The van der Waals surface area contributed by atoms with Gasteiger partial charge in [0.25, 0.3) is 5.56 Å². The first kappa shape index (κ1) is 15.5. The first-order valence-corrected chi connectivity index (χ1v) is 7.19. The second-order valence-electron chi connectivity index (χ2n) is 5.54. The fraction of sp³-hybridized carbons (Fsp3) is 0.357. The minimum Gasteiger partial charge on any atom is -0.444 e. The number of carbonyl (C=O) groups is 1. The summed E-state index contributed by atoms with van der Waals surface area (Å²) in [5.74, 6) is 0. The number of hydrogen-bond donors (Lipinski definition) is 2. The predicted molar refractivity (Wildman–Crippen MR) is 83.1 cm³/mol. The number of carbonyl (C=O) groups excluding carboxylic acids is 1. The van der Waals surface area contributed by atoms with Crippen molar-refractivity contribution in [3.8, 4) is 0 Å². The molecular weight excluding hydrogens is 338 g/mol. The topological polar surface area (TPSA) is 84.1 Å². The zero-order chi connectivity index (χ0) is 15.6. The van der Waals surface area contributed by atoms with Gasteiger partial charge in [0.05, 0.1) is 17.6 Å². The monoisotopic (exact) mass is 353 g/mol. The van der Waals surface area contributed by atoms with Crippen LogP contribution in [-0.4, -0.2) is 21.9 Å². The van der Waals surface area contributed by atoms with E-state index in [0.717, 1.165) is 4.47 Å². The molecule has 2 aromatic rings. The number of fused-ring (bicyclic) bond motifs is 1. The normalized spacial score (nSPS) is 11.4. The fourth-order valence-electron chi connectivity index (χ4n) is 1.80. The standard InChI is InChI=1S/C14H16BrN3O3/c1-14(2,3)21-13(20)16-7-11-10-6-8(15)4-5-9(10)12(19)18-17-11/h4-6H,7H2,1-3H3,(H,16,20)(H,18,19). The molecule has 0 bridgehead atoms. The number of H-pyrrole nitrogens is 1. The second-order valence-corrected chi connectivity index (χ2v) is 6.46. The van der Waals surface area contributed by atoms with Gasteiger partial charge in [-0.05, 0) is 39.0 Å². The number of alkyl carbamates (subject to hydrolysis) is 1. The van der Waals surface area contributed by atoms with Crippen LogP contribution in [0.2, 0.25) is 0 Å². The van der Waals surface area contributed by atoms with E-state index in [1.807, 2.05) is 0 Å². The highest BCUT2D eigenvalue weighted by molar-refractivity contribution is 9.10. The van der Waals surface area contributed by atoms with Crippen LogP contribution in [0.5, 0.6) is 0 Å². The minimum atomic E-state index is -0.562. The third-order valence-corrected chi connectivity index (χ3v) is 3.12. The summed E-state index contributed by atoms with van der Waals surface area (Å²) in [5.41, 5.74) is -0.261. The lowest BCUT2D eigenvalue weighted by atomic mass is 10.1. The SMILES string of the molecule is CC(C)(C)OC(=O)NCc1n[nH]c(=O)c2ccc(Br)cc12. The molecule has 1 aromatic carbocycles. The number of benzene rings is 1. The molecule has 0 aliphatic rings. The number of rotatable bonds is 2. The second kappa shape index (κ2) is 5.85. The summed E-state index contributed by atoms with van der Waals surface area (Å²) in [5, 5.41) is 10.2. The first-order chi connectivity index (χ1) is 9.76. The van der Waals surface area contributed by atoms with Crippen LogP contribution in [-0.2, 0) is 11.3 Å². The smallest absolute Gasteiger partial charge is 0.407 e. The number of aromatic nitrogens is 2. The number of halogens is 1. The highest BCUT2D eigenvalue weighted by atomic mass is 79.9. The van der Waals surface area contributed by atoms with Gasteiger partial charge in [-0.2, -0.15) is 5.10 Å². The van der Waals surface area contributed by atoms with Gasteiger partial charge in [0.1, 0.15) is 5.60 Å². The van der Waals surface area contributed by atoms with Crippen LogP contribution < -0.4 is 10.9 Å². The summed E-state index contributed by atoms with van der Waals surface area (Å²) in [6, 6.07) is 5.28. The van der Waals surface area contributed by atoms with Crippen molar-refractivity contribution < 1.29 is 9.53 Å². The van der Waals surface area contributed by atoms with Crippen LogP contribution in [0, 0.1) is 0 Å². The Labute approximate surface area is 130 Å². The third-order valence-electron chi connectivity index (χ3n) is 2.63. The zero-order valence-electron chi connectivity index (χ0n) is 12.0. The molecule has 2 rings (SSSR count). The molecule has 1 amide bonds. The Morgan fingerprint density at radius 3 is 2.76 bits per heavy atom. The molecule has 21 heavy (non-hydrogen) atoms. The molecule has 1 heterocycles. The summed E-state index contributed by atoms with van der Waals surface area (Å²) in [6.45, 7) is 5.53. The molecule has 0 unspecified atom stereocenters.